The second-order valence-corrected chi connectivity index (χ2v) is 8.49. The molecule has 0 aromatic rings. The van der Waals surface area contributed by atoms with Crippen LogP contribution >= 0.6 is 0 Å². The van der Waals surface area contributed by atoms with Crippen molar-refractivity contribution in [2.24, 2.45) is 28.3 Å². The molecule has 0 saturated carbocycles. The van der Waals surface area contributed by atoms with Gasteiger partial charge in [-0.25, -0.2) is 0 Å². The number of nitrogens with one attached hydrogen (secondary N) is 3. The summed E-state index contributed by atoms with van der Waals surface area (Å²) in [7, 11) is 0. The number of carbonyl (C=O) groups is 4. The number of aldehydes is 1. The predicted molar refractivity (Wildman–Crippen MR) is 121 cm³/mol. The van der Waals surface area contributed by atoms with Crippen LogP contribution in [0.2, 0.25) is 0 Å². The zero-order valence-electron chi connectivity index (χ0n) is 19.4. The van der Waals surface area contributed by atoms with Gasteiger partial charge in [0, 0.05) is 13.0 Å². The van der Waals surface area contributed by atoms with Gasteiger partial charge in [-0.3, -0.25) is 19.4 Å². The Hall–Kier alpha value is -2.65. The second kappa shape index (κ2) is 15.2. The minimum absolute atomic E-state index is 0.0301. The molecule has 0 rings (SSSR count). The van der Waals surface area contributed by atoms with Gasteiger partial charge in [-0.05, 0) is 37.5 Å². The third-order valence-corrected chi connectivity index (χ3v) is 4.48. The average molecular weight is 441 g/mol. The number of hydrogen-bond acceptors (Lipinski definition) is 5. The minimum atomic E-state index is -0.819. The highest BCUT2D eigenvalue weighted by molar-refractivity contribution is 5.92. The number of guanidine groups is 1. The summed E-state index contributed by atoms with van der Waals surface area (Å²) in [5.74, 6) is -0.806. The van der Waals surface area contributed by atoms with E-state index in [1.165, 1.54) is 0 Å². The van der Waals surface area contributed by atoms with E-state index < -0.39 is 29.9 Å². The first-order valence-electron chi connectivity index (χ1n) is 10.9. The van der Waals surface area contributed by atoms with Crippen LogP contribution in [0.5, 0.6) is 0 Å². The lowest BCUT2D eigenvalue weighted by Gasteiger charge is -2.26. The fourth-order valence-electron chi connectivity index (χ4n) is 2.95. The standard InChI is InChI=1S/C21H40N6O4/c1-6-18(29)26-16(10-13(2)3)20(31)27-17(11-14(4)5)19(30)25-15(12-28)8-7-9-24-21(22)23/h12-17H,6-11H2,1-5H3,(H,25,30)(H,26,29)(H,27,31)(H4,22,23,24)/t15-,16-,17+/m1/s1. The first-order valence-corrected chi connectivity index (χ1v) is 10.9. The Morgan fingerprint density at radius 2 is 1.42 bits per heavy atom. The molecule has 0 aromatic carbocycles. The van der Waals surface area contributed by atoms with Crippen molar-refractivity contribution in [1.29, 1.82) is 0 Å². The number of nitrogens with two attached hydrogens (primary N) is 2. The van der Waals surface area contributed by atoms with Crippen LogP contribution in [0.25, 0.3) is 0 Å². The molecule has 0 aliphatic rings. The molecule has 0 saturated heterocycles. The number of hydrogen-bond donors (Lipinski definition) is 5. The highest BCUT2D eigenvalue weighted by Crippen LogP contribution is 2.10. The van der Waals surface area contributed by atoms with Gasteiger partial charge in [0.15, 0.2) is 5.96 Å². The van der Waals surface area contributed by atoms with E-state index in [4.69, 9.17) is 11.5 Å². The third kappa shape index (κ3) is 13.3. The van der Waals surface area contributed by atoms with Gasteiger partial charge in [0.25, 0.3) is 0 Å². The lowest BCUT2D eigenvalue weighted by atomic mass is 9.99. The van der Waals surface area contributed by atoms with E-state index >= 15 is 0 Å². The normalized spacial score (nSPS) is 13.8. The smallest absolute Gasteiger partial charge is 0.243 e. The van der Waals surface area contributed by atoms with Crippen molar-refractivity contribution in [3.8, 4) is 0 Å². The number of amides is 3. The summed E-state index contributed by atoms with van der Waals surface area (Å²) in [5, 5.41) is 8.15. The summed E-state index contributed by atoms with van der Waals surface area (Å²) in [4.78, 5) is 52.7. The zero-order chi connectivity index (χ0) is 24.0. The fourth-order valence-corrected chi connectivity index (χ4v) is 2.95. The summed E-state index contributed by atoms with van der Waals surface area (Å²) in [6, 6.07) is -2.25. The van der Waals surface area contributed by atoms with Crippen molar-refractivity contribution < 1.29 is 19.2 Å². The molecule has 7 N–H and O–H groups in total. The summed E-state index contributed by atoms with van der Waals surface area (Å²) < 4.78 is 0. The molecule has 0 bridgehead atoms. The van der Waals surface area contributed by atoms with Crippen LogP contribution < -0.4 is 27.4 Å². The molecule has 0 heterocycles. The van der Waals surface area contributed by atoms with Gasteiger partial charge in [-0.1, -0.05) is 34.6 Å². The van der Waals surface area contributed by atoms with E-state index in [9.17, 15) is 19.2 Å². The highest BCUT2D eigenvalue weighted by atomic mass is 16.2. The van der Waals surface area contributed by atoms with Crippen molar-refractivity contribution in [3.63, 3.8) is 0 Å². The predicted octanol–water partition coefficient (Wildman–Crippen LogP) is 0.196. The third-order valence-electron chi connectivity index (χ3n) is 4.48. The lowest BCUT2D eigenvalue weighted by Crippen LogP contribution is -2.55. The van der Waals surface area contributed by atoms with Gasteiger partial charge in [0.05, 0.1) is 6.04 Å². The van der Waals surface area contributed by atoms with Gasteiger partial charge >= 0.3 is 0 Å². The van der Waals surface area contributed by atoms with Crippen LogP contribution in [0.1, 0.15) is 66.7 Å². The van der Waals surface area contributed by atoms with Crippen molar-refractivity contribution in [2.75, 3.05) is 6.54 Å². The van der Waals surface area contributed by atoms with Gasteiger partial charge < -0.3 is 32.2 Å². The number of rotatable bonds is 15. The molecule has 3 amide bonds. The number of aliphatic imine (C=N–C) groups is 1. The average Bonchev–Trinajstić information content (AvgIpc) is 2.67. The van der Waals surface area contributed by atoms with E-state index in [0.717, 1.165) is 0 Å². The summed E-state index contributed by atoms with van der Waals surface area (Å²) in [6.45, 7) is 9.83. The van der Waals surface area contributed by atoms with Crippen LogP contribution in [0, 0.1) is 11.8 Å². The van der Waals surface area contributed by atoms with Crippen molar-refractivity contribution in [1.82, 2.24) is 16.0 Å². The second-order valence-electron chi connectivity index (χ2n) is 8.49. The molecule has 0 fully saturated rings. The van der Waals surface area contributed by atoms with Crippen LogP contribution in [0.4, 0.5) is 0 Å². The molecule has 0 spiro atoms. The molecule has 10 nitrogen and oxygen atoms in total. The maximum Gasteiger partial charge on any atom is 0.243 e. The Balaban J connectivity index is 5.16. The summed E-state index contributed by atoms with van der Waals surface area (Å²) in [6.07, 6.45) is 2.66. The largest absolute Gasteiger partial charge is 0.370 e. The Labute approximate surface area is 185 Å². The molecule has 31 heavy (non-hydrogen) atoms. The highest BCUT2D eigenvalue weighted by Gasteiger charge is 2.28. The van der Waals surface area contributed by atoms with E-state index in [0.29, 0.717) is 38.5 Å². The van der Waals surface area contributed by atoms with Crippen molar-refractivity contribution in [2.45, 2.75) is 84.8 Å². The first kappa shape index (κ1) is 28.4. The monoisotopic (exact) mass is 440 g/mol. The molecule has 0 aromatic heterocycles. The SMILES string of the molecule is CCC(=O)N[C@H](CC(C)C)C(=O)N[C@@H](CC(C)C)C(=O)N[C@@H](C=O)CCCN=C(N)N. The van der Waals surface area contributed by atoms with E-state index in [-0.39, 0.29) is 30.1 Å². The molecule has 0 aliphatic heterocycles. The molecular formula is C21H40N6O4. The van der Waals surface area contributed by atoms with E-state index in [1.54, 1.807) is 6.92 Å². The van der Waals surface area contributed by atoms with Crippen LogP contribution in [0.15, 0.2) is 4.99 Å². The van der Waals surface area contributed by atoms with Gasteiger partial charge in [0.1, 0.15) is 18.4 Å². The maximum atomic E-state index is 12.8. The van der Waals surface area contributed by atoms with Gasteiger partial charge in [0.2, 0.25) is 17.7 Å². The molecule has 0 aliphatic carbocycles. The quantitative estimate of drug-likeness (QED) is 0.105. The van der Waals surface area contributed by atoms with Gasteiger partial charge in [-0.15, -0.1) is 0 Å². The van der Waals surface area contributed by atoms with Crippen molar-refractivity contribution >= 4 is 30.0 Å². The topological polar surface area (TPSA) is 169 Å². The minimum Gasteiger partial charge on any atom is -0.370 e. The number of carbonyl (C=O) groups excluding carboxylic acids is 4. The van der Waals surface area contributed by atoms with E-state index in [2.05, 4.69) is 20.9 Å². The Morgan fingerprint density at radius 3 is 1.87 bits per heavy atom. The molecule has 0 radical (unpaired) electrons. The summed E-state index contributed by atoms with van der Waals surface area (Å²) in [5.41, 5.74) is 10.5. The van der Waals surface area contributed by atoms with Crippen LogP contribution in [0.3, 0.4) is 0 Å². The maximum absolute atomic E-state index is 12.8. The molecule has 10 heteroatoms. The molecule has 0 unspecified atom stereocenters. The Morgan fingerprint density at radius 1 is 0.903 bits per heavy atom. The Kier molecular flexibility index (Phi) is 13.9. The fraction of sp³-hybridized carbons (Fsp3) is 0.762. The molecule has 3 atom stereocenters. The molecule has 178 valence electrons. The summed E-state index contributed by atoms with van der Waals surface area (Å²) >= 11 is 0. The van der Waals surface area contributed by atoms with Crippen LogP contribution in [-0.4, -0.2) is 54.6 Å². The van der Waals surface area contributed by atoms with Crippen molar-refractivity contribution in [3.05, 3.63) is 0 Å². The first-order chi connectivity index (χ1) is 14.5. The van der Waals surface area contributed by atoms with E-state index in [1.807, 2.05) is 27.7 Å². The van der Waals surface area contributed by atoms with Gasteiger partial charge in [-0.2, -0.15) is 0 Å². The lowest BCUT2D eigenvalue weighted by molar-refractivity contribution is -0.133. The zero-order valence-corrected chi connectivity index (χ0v) is 19.4. The number of nitrogens with zero attached hydrogens (tertiary/aromatic N) is 1. The Bertz CT molecular complexity index is 617. The van der Waals surface area contributed by atoms with Crippen LogP contribution in [-0.2, 0) is 19.2 Å². The molecular weight excluding hydrogens is 400 g/mol.